The number of hydrogen-bond donors (Lipinski definition) is 2. The Labute approximate surface area is 174 Å². The van der Waals surface area contributed by atoms with Crippen LogP contribution in [0.5, 0.6) is 0 Å². The highest BCUT2D eigenvalue weighted by atomic mass is 16.5. The summed E-state index contributed by atoms with van der Waals surface area (Å²) in [6, 6.07) is 15.2. The summed E-state index contributed by atoms with van der Waals surface area (Å²) in [5.41, 5.74) is 3.11. The van der Waals surface area contributed by atoms with Crippen molar-refractivity contribution in [2.24, 2.45) is 0 Å². The second-order valence-corrected chi connectivity index (χ2v) is 6.86. The summed E-state index contributed by atoms with van der Waals surface area (Å²) in [4.78, 5) is 37.0. The zero-order valence-corrected chi connectivity index (χ0v) is 16.9. The summed E-state index contributed by atoms with van der Waals surface area (Å²) >= 11 is 0. The molecule has 0 bridgehead atoms. The van der Waals surface area contributed by atoms with E-state index in [4.69, 9.17) is 9.15 Å². The number of ether oxygens (including phenoxy) is 1. The Kier molecular flexibility index (Phi) is 6.32. The van der Waals surface area contributed by atoms with Gasteiger partial charge in [0.25, 0.3) is 11.8 Å². The molecule has 2 N–H and O–H groups in total. The Balaban J connectivity index is 1.65. The third kappa shape index (κ3) is 5.14. The van der Waals surface area contributed by atoms with Gasteiger partial charge in [-0.15, -0.1) is 0 Å². The summed E-state index contributed by atoms with van der Waals surface area (Å²) in [5.74, 6) is -1.39. The molecule has 0 aliphatic rings. The molecule has 1 heterocycles. The molecule has 7 heteroatoms. The van der Waals surface area contributed by atoms with Crippen LogP contribution in [-0.4, -0.2) is 23.9 Å². The number of carbonyl (C=O) groups excluding carboxylic acids is 3. The van der Waals surface area contributed by atoms with E-state index < -0.39 is 23.9 Å². The summed E-state index contributed by atoms with van der Waals surface area (Å²) < 4.78 is 10.4. The standard InChI is InChI=1S/C23H22N2O5/c1-14-6-10-18(11-7-14)24-21(26)16(3)30-23(28)17-9-8-15(2)19(13-17)25-22(27)20-5-4-12-29-20/h4-13,16H,1-3H3,(H,24,26)(H,25,27)/t16-/m1/s1. The van der Waals surface area contributed by atoms with E-state index in [0.29, 0.717) is 11.4 Å². The molecule has 1 aromatic heterocycles. The molecule has 154 valence electrons. The van der Waals surface area contributed by atoms with Crippen molar-refractivity contribution in [3.05, 3.63) is 83.3 Å². The molecule has 30 heavy (non-hydrogen) atoms. The van der Waals surface area contributed by atoms with Crippen LogP contribution in [0, 0.1) is 13.8 Å². The zero-order chi connectivity index (χ0) is 21.7. The van der Waals surface area contributed by atoms with E-state index in [1.54, 1.807) is 37.3 Å². The van der Waals surface area contributed by atoms with E-state index >= 15 is 0 Å². The number of furan rings is 1. The first-order chi connectivity index (χ1) is 14.3. The molecular formula is C23H22N2O5. The van der Waals surface area contributed by atoms with Crippen LogP contribution in [0.1, 0.15) is 39.0 Å². The number of carbonyl (C=O) groups is 3. The Morgan fingerprint density at radius 3 is 2.37 bits per heavy atom. The van der Waals surface area contributed by atoms with Crippen molar-refractivity contribution in [3.8, 4) is 0 Å². The van der Waals surface area contributed by atoms with Gasteiger partial charge in [0.1, 0.15) is 0 Å². The van der Waals surface area contributed by atoms with Crippen molar-refractivity contribution in [1.29, 1.82) is 0 Å². The molecule has 2 aromatic carbocycles. The fourth-order valence-electron chi connectivity index (χ4n) is 2.64. The number of hydrogen-bond acceptors (Lipinski definition) is 5. The third-order valence-electron chi connectivity index (χ3n) is 4.44. The zero-order valence-electron chi connectivity index (χ0n) is 16.9. The molecule has 0 saturated heterocycles. The minimum atomic E-state index is -0.999. The van der Waals surface area contributed by atoms with E-state index in [0.717, 1.165) is 11.1 Å². The molecule has 7 nitrogen and oxygen atoms in total. The third-order valence-corrected chi connectivity index (χ3v) is 4.44. The lowest BCUT2D eigenvalue weighted by Gasteiger charge is -2.15. The van der Waals surface area contributed by atoms with Gasteiger partial charge in [0.2, 0.25) is 0 Å². The first-order valence-corrected chi connectivity index (χ1v) is 9.37. The van der Waals surface area contributed by atoms with Gasteiger partial charge in [-0.05, 0) is 62.7 Å². The Morgan fingerprint density at radius 1 is 0.967 bits per heavy atom. The number of benzene rings is 2. The van der Waals surface area contributed by atoms with Crippen molar-refractivity contribution in [2.75, 3.05) is 10.6 Å². The fourth-order valence-corrected chi connectivity index (χ4v) is 2.64. The van der Waals surface area contributed by atoms with E-state index in [2.05, 4.69) is 10.6 Å². The predicted molar refractivity (Wildman–Crippen MR) is 113 cm³/mol. The van der Waals surface area contributed by atoms with Crippen LogP contribution in [0.15, 0.2) is 65.3 Å². The number of esters is 1. The smallest absolute Gasteiger partial charge is 0.338 e. The average Bonchev–Trinajstić information content (AvgIpc) is 3.26. The minimum Gasteiger partial charge on any atom is -0.459 e. The SMILES string of the molecule is Cc1ccc(NC(=O)[C@@H](C)OC(=O)c2ccc(C)c(NC(=O)c3ccco3)c2)cc1. The van der Waals surface area contributed by atoms with Crippen molar-refractivity contribution in [3.63, 3.8) is 0 Å². The van der Waals surface area contributed by atoms with Crippen LogP contribution in [-0.2, 0) is 9.53 Å². The van der Waals surface area contributed by atoms with Gasteiger partial charge in [-0.1, -0.05) is 23.8 Å². The summed E-state index contributed by atoms with van der Waals surface area (Å²) in [5, 5.41) is 5.41. The van der Waals surface area contributed by atoms with Crippen molar-refractivity contribution < 1.29 is 23.5 Å². The van der Waals surface area contributed by atoms with E-state index in [1.165, 1.54) is 25.3 Å². The number of anilines is 2. The number of nitrogens with one attached hydrogen (secondary N) is 2. The van der Waals surface area contributed by atoms with Gasteiger partial charge in [-0.25, -0.2) is 4.79 Å². The second kappa shape index (κ2) is 9.09. The lowest BCUT2D eigenvalue weighted by Crippen LogP contribution is -2.30. The van der Waals surface area contributed by atoms with Gasteiger partial charge in [0, 0.05) is 11.4 Å². The first kappa shape index (κ1) is 20.9. The van der Waals surface area contributed by atoms with Crippen LogP contribution in [0.4, 0.5) is 11.4 Å². The van der Waals surface area contributed by atoms with E-state index in [1.807, 2.05) is 19.1 Å². The van der Waals surface area contributed by atoms with Crippen LogP contribution >= 0.6 is 0 Å². The fraction of sp³-hybridized carbons (Fsp3) is 0.174. The molecule has 0 fully saturated rings. The lowest BCUT2D eigenvalue weighted by atomic mass is 10.1. The molecule has 2 amide bonds. The van der Waals surface area contributed by atoms with E-state index in [9.17, 15) is 14.4 Å². The molecule has 0 spiro atoms. The molecule has 3 rings (SSSR count). The molecule has 3 aromatic rings. The largest absolute Gasteiger partial charge is 0.459 e. The maximum absolute atomic E-state index is 12.5. The molecule has 0 radical (unpaired) electrons. The van der Waals surface area contributed by atoms with Gasteiger partial charge in [-0.2, -0.15) is 0 Å². The summed E-state index contributed by atoms with van der Waals surface area (Å²) in [7, 11) is 0. The van der Waals surface area contributed by atoms with E-state index in [-0.39, 0.29) is 11.3 Å². The molecule has 0 unspecified atom stereocenters. The highest BCUT2D eigenvalue weighted by molar-refractivity contribution is 6.03. The molecule has 1 atom stereocenters. The van der Waals surface area contributed by atoms with Gasteiger partial charge in [-0.3, -0.25) is 9.59 Å². The highest BCUT2D eigenvalue weighted by Gasteiger charge is 2.20. The highest BCUT2D eigenvalue weighted by Crippen LogP contribution is 2.19. The van der Waals surface area contributed by atoms with Crippen LogP contribution in [0.3, 0.4) is 0 Å². The Hall–Kier alpha value is -3.87. The number of rotatable bonds is 6. The van der Waals surface area contributed by atoms with Gasteiger partial charge in [0.15, 0.2) is 11.9 Å². The average molecular weight is 406 g/mol. The Morgan fingerprint density at radius 2 is 1.70 bits per heavy atom. The monoisotopic (exact) mass is 406 g/mol. The number of amides is 2. The normalized spacial score (nSPS) is 11.4. The van der Waals surface area contributed by atoms with Gasteiger partial charge in [0.05, 0.1) is 11.8 Å². The van der Waals surface area contributed by atoms with Crippen LogP contribution < -0.4 is 10.6 Å². The van der Waals surface area contributed by atoms with Gasteiger partial charge >= 0.3 is 5.97 Å². The second-order valence-electron chi connectivity index (χ2n) is 6.86. The number of aryl methyl sites for hydroxylation is 2. The lowest BCUT2D eigenvalue weighted by molar-refractivity contribution is -0.123. The van der Waals surface area contributed by atoms with Crippen LogP contribution in [0.2, 0.25) is 0 Å². The quantitative estimate of drug-likeness (QED) is 0.594. The molecule has 0 saturated carbocycles. The Bertz CT molecular complexity index is 1060. The van der Waals surface area contributed by atoms with Gasteiger partial charge < -0.3 is 19.8 Å². The molecule has 0 aliphatic heterocycles. The van der Waals surface area contributed by atoms with Crippen molar-refractivity contribution >= 4 is 29.2 Å². The topological polar surface area (TPSA) is 97.6 Å². The first-order valence-electron chi connectivity index (χ1n) is 9.37. The predicted octanol–water partition coefficient (Wildman–Crippen LogP) is 4.33. The maximum Gasteiger partial charge on any atom is 0.338 e. The maximum atomic E-state index is 12.5. The summed E-state index contributed by atoms with van der Waals surface area (Å²) in [6.45, 7) is 5.24. The van der Waals surface area contributed by atoms with Crippen molar-refractivity contribution in [1.82, 2.24) is 0 Å². The molecule has 0 aliphatic carbocycles. The minimum absolute atomic E-state index is 0.156. The molecular weight excluding hydrogens is 384 g/mol. The summed E-state index contributed by atoms with van der Waals surface area (Å²) in [6.07, 6.45) is 0.403. The van der Waals surface area contributed by atoms with Crippen LogP contribution in [0.25, 0.3) is 0 Å². The van der Waals surface area contributed by atoms with Crippen molar-refractivity contribution in [2.45, 2.75) is 26.9 Å².